The van der Waals surface area contributed by atoms with Crippen molar-refractivity contribution in [3.63, 3.8) is 0 Å². The lowest BCUT2D eigenvalue weighted by atomic mass is 10.2. The molecule has 1 aliphatic heterocycles. The van der Waals surface area contributed by atoms with Crippen LogP contribution >= 0.6 is 11.3 Å². The van der Waals surface area contributed by atoms with Crippen molar-refractivity contribution in [3.8, 4) is 0 Å². The van der Waals surface area contributed by atoms with Crippen LogP contribution in [0.25, 0.3) is 0 Å². The quantitative estimate of drug-likeness (QED) is 0.803. The first-order valence-corrected chi connectivity index (χ1v) is 7.51. The van der Waals surface area contributed by atoms with Gasteiger partial charge in [0.1, 0.15) is 0 Å². The van der Waals surface area contributed by atoms with E-state index in [-0.39, 0.29) is 0 Å². The Balaban J connectivity index is 1.98. The second kappa shape index (κ2) is 6.50. The molecule has 18 heavy (non-hydrogen) atoms. The van der Waals surface area contributed by atoms with Gasteiger partial charge in [-0.3, -0.25) is 0 Å². The van der Waals surface area contributed by atoms with E-state index in [4.69, 9.17) is 4.74 Å². The summed E-state index contributed by atoms with van der Waals surface area (Å²) >= 11 is 1.80. The molecule has 2 heterocycles. The highest BCUT2D eigenvalue weighted by atomic mass is 32.1. The largest absolute Gasteiger partial charge is 0.379 e. The molecular formula is C13H23N3OS. The Bertz CT molecular complexity index is 374. The third-order valence-corrected chi connectivity index (χ3v) is 4.60. The van der Waals surface area contributed by atoms with Gasteiger partial charge in [0.15, 0.2) is 5.13 Å². The van der Waals surface area contributed by atoms with Gasteiger partial charge in [-0.15, -0.1) is 11.3 Å². The minimum Gasteiger partial charge on any atom is -0.379 e. The molecule has 0 saturated carbocycles. The molecule has 4 nitrogen and oxygen atoms in total. The molecule has 0 amide bonds. The van der Waals surface area contributed by atoms with E-state index in [1.54, 1.807) is 11.3 Å². The number of nitrogens with zero attached hydrogens (tertiary/aromatic N) is 2. The van der Waals surface area contributed by atoms with Crippen LogP contribution in [0.4, 0.5) is 5.13 Å². The Labute approximate surface area is 113 Å². The van der Waals surface area contributed by atoms with Crippen molar-refractivity contribution >= 4 is 16.5 Å². The number of hydrogen-bond donors (Lipinski definition) is 1. The third-order valence-electron chi connectivity index (χ3n) is 3.35. The molecule has 2 rings (SSSR count). The number of rotatable bonds is 6. The fourth-order valence-electron chi connectivity index (χ4n) is 2.09. The molecule has 0 bridgehead atoms. The Hall–Kier alpha value is -0.650. The van der Waals surface area contributed by atoms with Crippen LogP contribution in [-0.4, -0.2) is 37.8 Å². The molecule has 1 fully saturated rings. The molecule has 1 unspecified atom stereocenters. The van der Waals surface area contributed by atoms with Crippen LogP contribution in [0.2, 0.25) is 0 Å². The SMILES string of the molecule is CCCNCc1sc(N(C)C2CCOC2)nc1C. The van der Waals surface area contributed by atoms with Crippen molar-refractivity contribution in [2.45, 2.75) is 39.3 Å². The van der Waals surface area contributed by atoms with E-state index in [1.807, 2.05) is 0 Å². The second-order valence-corrected chi connectivity index (χ2v) is 5.87. The van der Waals surface area contributed by atoms with Gasteiger partial charge in [0.05, 0.1) is 18.3 Å². The van der Waals surface area contributed by atoms with Crippen molar-refractivity contribution in [2.75, 3.05) is 31.7 Å². The van der Waals surface area contributed by atoms with Crippen LogP contribution in [0.5, 0.6) is 0 Å². The van der Waals surface area contributed by atoms with Crippen LogP contribution in [0.15, 0.2) is 0 Å². The Morgan fingerprint density at radius 2 is 2.39 bits per heavy atom. The van der Waals surface area contributed by atoms with Gasteiger partial charge in [-0.1, -0.05) is 6.92 Å². The molecule has 5 heteroatoms. The zero-order chi connectivity index (χ0) is 13.0. The smallest absolute Gasteiger partial charge is 0.185 e. The maximum Gasteiger partial charge on any atom is 0.185 e. The predicted molar refractivity (Wildman–Crippen MR) is 76.5 cm³/mol. The van der Waals surface area contributed by atoms with E-state index >= 15 is 0 Å². The third kappa shape index (κ3) is 3.22. The summed E-state index contributed by atoms with van der Waals surface area (Å²) in [5.74, 6) is 0. The molecule has 1 aromatic rings. The first-order valence-electron chi connectivity index (χ1n) is 6.70. The van der Waals surface area contributed by atoms with E-state index in [0.29, 0.717) is 6.04 Å². The highest BCUT2D eigenvalue weighted by molar-refractivity contribution is 7.15. The lowest BCUT2D eigenvalue weighted by molar-refractivity contribution is 0.193. The number of aryl methyl sites for hydroxylation is 1. The van der Waals surface area contributed by atoms with Gasteiger partial charge in [-0.05, 0) is 26.3 Å². The minimum atomic E-state index is 0.493. The maximum absolute atomic E-state index is 5.44. The van der Waals surface area contributed by atoms with Crippen LogP contribution in [0, 0.1) is 6.92 Å². The number of thiazole rings is 1. The Morgan fingerprint density at radius 3 is 3.06 bits per heavy atom. The van der Waals surface area contributed by atoms with Gasteiger partial charge < -0.3 is 15.0 Å². The Kier molecular flexibility index (Phi) is 4.97. The molecular weight excluding hydrogens is 246 g/mol. The summed E-state index contributed by atoms with van der Waals surface area (Å²) in [6.07, 6.45) is 2.28. The first-order chi connectivity index (χ1) is 8.72. The average molecular weight is 269 g/mol. The molecule has 102 valence electrons. The van der Waals surface area contributed by atoms with Gasteiger partial charge in [-0.2, -0.15) is 0 Å². The van der Waals surface area contributed by atoms with Gasteiger partial charge >= 0.3 is 0 Å². The topological polar surface area (TPSA) is 37.4 Å². The highest BCUT2D eigenvalue weighted by Gasteiger charge is 2.23. The summed E-state index contributed by atoms with van der Waals surface area (Å²) < 4.78 is 5.44. The zero-order valence-electron chi connectivity index (χ0n) is 11.5. The first kappa shape index (κ1) is 13.8. The molecule has 0 aromatic carbocycles. The summed E-state index contributed by atoms with van der Waals surface area (Å²) in [7, 11) is 2.13. The molecule has 1 aliphatic rings. The summed E-state index contributed by atoms with van der Waals surface area (Å²) in [6, 6.07) is 0.493. The van der Waals surface area contributed by atoms with E-state index in [1.165, 1.54) is 11.3 Å². The summed E-state index contributed by atoms with van der Waals surface area (Å²) in [4.78, 5) is 8.31. The lowest BCUT2D eigenvalue weighted by Crippen LogP contribution is -2.31. The molecule has 0 radical (unpaired) electrons. The van der Waals surface area contributed by atoms with Crippen LogP contribution in [0.1, 0.15) is 30.3 Å². The lowest BCUT2D eigenvalue weighted by Gasteiger charge is -2.21. The van der Waals surface area contributed by atoms with E-state index in [2.05, 4.69) is 36.1 Å². The van der Waals surface area contributed by atoms with Crippen LogP contribution in [0.3, 0.4) is 0 Å². The normalized spacial score (nSPS) is 19.4. The minimum absolute atomic E-state index is 0.493. The molecule has 1 aromatic heterocycles. The van der Waals surface area contributed by atoms with E-state index in [0.717, 1.165) is 43.5 Å². The van der Waals surface area contributed by atoms with Gasteiger partial charge in [0.25, 0.3) is 0 Å². The molecule has 1 saturated heterocycles. The predicted octanol–water partition coefficient (Wildman–Crippen LogP) is 2.18. The maximum atomic E-state index is 5.44. The highest BCUT2D eigenvalue weighted by Crippen LogP contribution is 2.28. The average Bonchev–Trinajstić information content (AvgIpc) is 2.99. The van der Waals surface area contributed by atoms with Crippen molar-refractivity contribution in [2.24, 2.45) is 0 Å². The summed E-state index contributed by atoms with van der Waals surface area (Å²) in [5, 5.41) is 4.56. The fraction of sp³-hybridized carbons (Fsp3) is 0.769. The van der Waals surface area contributed by atoms with Crippen molar-refractivity contribution < 1.29 is 4.74 Å². The summed E-state index contributed by atoms with van der Waals surface area (Å²) in [5.41, 5.74) is 1.16. The molecule has 1 atom stereocenters. The second-order valence-electron chi connectivity index (χ2n) is 4.81. The van der Waals surface area contributed by atoms with Crippen LogP contribution < -0.4 is 10.2 Å². The van der Waals surface area contributed by atoms with Crippen molar-refractivity contribution in [3.05, 3.63) is 10.6 Å². The molecule has 1 N–H and O–H groups in total. The van der Waals surface area contributed by atoms with Gasteiger partial charge in [-0.25, -0.2) is 4.98 Å². The monoisotopic (exact) mass is 269 g/mol. The van der Waals surface area contributed by atoms with Crippen molar-refractivity contribution in [1.82, 2.24) is 10.3 Å². The molecule has 0 aliphatic carbocycles. The van der Waals surface area contributed by atoms with Crippen molar-refractivity contribution in [1.29, 1.82) is 0 Å². The van der Waals surface area contributed by atoms with E-state index < -0.39 is 0 Å². The number of ether oxygens (including phenoxy) is 1. The number of likely N-dealkylation sites (N-methyl/N-ethyl adjacent to an activating group) is 1. The van der Waals surface area contributed by atoms with Gasteiger partial charge in [0.2, 0.25) is 0 Å². The molecule has 0 spiro atoms. The van der Waals surface area contributed by atoms with E-state index in [9.17, 15) is 0 Å². The fourth-order valence-corrected chi connectivity index (χ4v) is 3.15. The van der Waals surface area contributed by atoms with Crippen LogP contribution in [-0.2, 0) is 11.3 Å². The number of anilines is 1. The Morgan fingerprint density at radius 1 is 1.56 bits per heavy atom. The number of nitrogens with one attached hydrogen (secondary N) is 1. The van der Waals surface area contributed by atoms with Gasteiger partial charge in [0, 0.05) is 25.1 Å². The number of hydrogen-bond acceptors (Lipinski definition) is 5. The summed E-state index contributed by atoms with van der Waals surface area (Å²) in [6.45, 7) is 8.00. The standard InChI is InChI=1S/C13H23N3OS/c1-4-6-14-8-12-10(2)15-13(18-12)16(3)11-5-7-17-9-11/h11,14H,4-9H2,1-3H3. The number of aromatic nitrogens is 1. The zero-order valence-corrected chi connectivity index (χ0v) is 12.3.